The van der Waals surface area contributed by atoms with Crippen LogP contribution in [0.3, 0.4) is 0 Å². The Kier molecular flexibility index (Phi) is 5.14. The molecule has 0 aliphatic carbocycles. The molecule has 0 bridgehead atoms. The molecule has 0 aliphatic rings. The molecule has 128 valence electrons. The monoisotopic (exact) mass is 358 g/mol. The number of carbonyl (C=O) groups excluding carboxylic acids is 1. The molecule has 1 aromatic heterocycles. The van der Waals surface area contributed by atoms with Gasteiger partial charge in [-0.1, -0.05) is 23.7 Å². The Bertz CT molecular complexity index is 967. The van der Waals surface area contributed by atoms with E-state index in [2.05, 4.69) is 10.3 Å². The average Bonchev–Trinajstić information content (AvgIpc) is 2.59. The number of hydrogen-bond acceptors (Lipinski definition) is 2. The van der Waals surface area contributed by atoms with Crippen molar-refractivity contribution in [3.05, 3.63) is 80.9 Å². The number of H-pyrrole nitrogens is 1. The third-order valence-corrected chi connectivity index (χ3v) is 4.16. The van der Waals surface area contributed by atoms with Gasteiger partial charge in [0.05, 0.1) is 5.52 Å². The van der Waals surface area contributed by atoms with E-state index in [0.717, 1.165) is 10.9 Å². The lowest BCUT2D eigenvalue weighted by atomic mass is 10.1. The first-order chi connectivity index (χ1) is 12.0. The van der Waals surface area contributed by atoms with Crippen LogP contribution < -0.4 is 10.9 Å². The summed E-state index contributed by atoms with van der Waals surface area (Å²) in [5, 5.41) is 4.19. The van der Waals surface area contributed by atoms with Gasteiger partial charge in [-0.25, -0.2) is 4.39 Å². The highest BCUT2D eigenvalue weighted by Crippen LogP contribution is 2.13. The van der Waals surface area contributed by atoms with Crippen LogP contribution in [0, 0.1) is 5.82 Å². The molecule has 0 aliphatic heterocycles. The molecule has 0 saturated heterocycles. The average molecular weight is 359 g/mol. The van der Waals surface area contributed by atoms with Gasteiger partial charge >= 0.3 is 0 Å². The molecule has 0 atom stereocenters. The van der Waals surface area contributed by atoms with Crippen LogP contribution in [0.1, 0.15) is 17.5 Å². The Balaban J connectivity index is 1.61. The third-order valence-electron chi connectivity index (χ3n) is 3.91. The highest BCUT2D eigenvalue weighted by Gasteiger charge is 2.07. The lowest BCUT2D eigenvalue weighted by Crippen LogP contribution is -2.24. The van der Waals surface area contributed by atoms with E-state index in [1.165, 1.54) is 12.1 Å². The summed E-state index contributed by atoms with van der Waals surface area (Å²) in [6.07, 6.45) is 0.512. The standard InChI is InChI=1S/C19H16ClFN2O2/c20-15-5-1-12(2-6-15)11-22-18(24)8-4-14-9-13-3-7-16(21)10-17(13)23-19(14)25/h1-3,5-7,9-10H,4,8,11H2,(H,22,24)(H,23,25). The van der Waals surface area contributed by atoms with Gasteiger partial charge in [-0.15, -0.1) is 0 Å². The molecule has 0 saturated carbocycles. The van der Waals surface area contributed by atoms with Crippen molar-refractivity contribution >= 4 is 28.4 Å². The number of pyridine rings is 1. The Morgan fingerprint density at radius 3 is 2.64 bits per heavy atom. The number of fused-ring (bicyclic) bond motifs is 1. The van der Waals surface area contributed by atoms with Crippen molar-refractivity contribution in [2.75, 3.05) is 0 Å². The van der Waals surface area contributed by atoms with Gasteiger partial charge in [0.1, 0.15) is 5.82 Å². The summed E-state index contributed by atoms with van der Waals surface area (Å²) in [5.74, 6) is -0.550. The van der Waals surface area contributed by atoms with Crippen LogP contribution in [0.2, 0.25) is 5.02 Å². The van der Waals surface area contributed by atoms with Crippen molar-refractivity contribution in [1.29, 1.82) is 0 Å². The zero-order valence-corrected chi connectivity index (χ0v) is 14.1. The normalized spacial score (nSPS) is 10.8. The molecule has 0 unspecified atom stereocenters. The smallest absolute Gasteiger partial charge is 0.251 e. The number of carbonyl (C=O) groups is 1. The first-order valence-corrected chi connectivity index (χ1v) is 8.22. The molecule has 3 rings (SSSR count). The zero-order valence-electron chi connectivity index (χ0n) is 13.3. The van der Waals surface area contributed by atoms with E-state index >= 15 is 0 Å². The summed E-state index contributed by atoms with van der Waals surface area (Å²) in [7, 11) is 0. The van der Waals surface area contributed by atoms with Crippen molar-refractivity contribution in [3.63, 3.8) is 0 Å². The van der Waals surface area contributed by atoms with Crippen LogP contribution >= 0.6 is 11.6 Å². The number of nitrogens with one attached hydrogen (secondary N) is 2. The van der Waals surface area contributed by atoms with Gasteiger partial charge in [-0.2, -0.15) is 0 Å². The van der Waals surface area contributed by atoms with Gasteiger partial charge in [-0.3, -0.25) is 9.59 Å². The van der Waals surface area contributed by atoms with Crippen LogP contribution in [-0.4, -0.2) is 10.9 Å². The fraction of sp³-hybridized carbons (Fsp3) is 0.158. The molecule has 0 radical (unpaired) electrons. The van der Waals surface area contributed by atoms with Crippen LogP contribution in [0.4, 0.5) is 4.39 Å². The van der Waals surface area contributed by atoms with Crippen molar-refractivity contribution in [3.8, 4) is 0 Å². The molecule has 6 heteroatoms. The predicted octanol–water partition coefficient (Wildman–Crippen LogP) is 3.57. The summed E-state index contributed by atoms with van der Waals surface area (Å²) in [6.45, 7) is 0.406. The molecule has 1 heterocycles. The van der Waals surface area contributed by atoms with E-state index in [1.807, 2.05) is 12.1 Å². The maximum absolute atomic E-state index is 13.2. The number of hydrogen-bond donors (Lipinski definition) is 2. The van der Waals surface area contributed by atoms with Gasteiger partial charge in [0, 0.05) is 23.6 Å². The van der Waals surface area contributed by atoms with Gasteiger partial charge in [-0.05, 0) is 53.8 Å². The quantitative estimate of drug-likeness (QED) is 0.732. The van der Waals surface area contributed by atoms with Crippen LogP contribution in [0.5, 0.6) is 0 Å². The minimum atomic E-state index is -0.405. The highest BCUT2D eigenvalue weighted by molar-refractivity contribution is 6.30. The van der Waals surface area contributed by atoms with Crippen LogP contribution in [-0.2, 0) is 17.8 Å². The van der Waals surface area contributed by atoms with Crippen molar-refractivity contribution in [2.24, 2.45) is 0 Å². The predicted molar refractivity (Wildman–Crippen MR) is 96.1 cm³/mol. The Morgan fingerprint density at radius 2 is 1.88 bits per heavy atom. The van der Waals surface area contributed by atoms with Crippen molar-refractivity contribution in [1.82, 2.24) is 10.3 Å². The largest absolute Gasteiger partial charge is 0.352 e. The zero-order chi connectivity index (χ0) is 17.8. The second-order valence-corrected chi connectivity index (χ2v) is 6.19. The van der Waals surface area contributed by atoms with Gasteiger partial charge in [0.2, 0.25) is 5.91 Å². The molecule has 3 aromatic rings. The molecule has 2 aromatic carbocycles. The Hall–Kier alpha value is -2.66. The Labute approximate surface area is 148 Å². The molecular weight excluding hydrogens is 343 g/mol. The van der Waals surface area contributed by atoms with E-state index in [1.54, 1.807) is 24.3 Å². The summed E-state index contributed by atoms with van der Waals surface area (Å²) >= 11 is 5.82. The fourth-order valence-electron chi connectivity index (χ4n) is 2.54. The SMILES string of the molecule is O=C(CCc1cc2ccc(F)cc2[nH]c1=O)NCc1ccc(Cl)cc1. The number of aryl methyl sites for hydroxylation is 1. The van der Waals surface area contributed by atoms with Gasteiger partial charge < -0.3 is 10.3 Å². The number of rotatable bonds is 5. The number of aromatic nitrogens is 1. The molecule has 0 spiro atoms. The summed E-state index contributed by atoms with van der Waals surface area (Å²) in [6, 6.07) is 13.1. The second-order valence-electron chi connectivity index (χ2n) is 5.76. The van der Waals surface area contributed by atoms with E-state index in [0.29, 0.717) is 29.1 Å². The molecule has 25 heavy (non-hydrogen) atoms. The number of amides is 1. The first-order valence-electron chi connectivity index (χ1n) is 7.84. The van der Waals surface area contributed by atoms with Gasteiger partial charge in [0.15, 0.2) is 0 Å². The second kappa shape index (κ2) is 7.49. The maximum Gasteiger partial charge on any atom is 0.251 e. The summed E-state index contributed by atoms with van der Waals surface area (Å²) in [5.41, 5.74) is 1.59. The Morgan fingerprint density at radius 1 is 1.12 bits per heavy atom. The van der Waals surface area contributed by atoms with Gasteiger partial charge in [0.25, 0.3) is 5.56 Å². The van der Waals surface area contributed by atoms with E-state index in [9.17, 15) is 14.0 Å². The lowest BCUT2D eigenvalue weighted by molar-refractivity contribution is -0.121. The first kappa shape index (κ1) is 17.2. The van der Waals surface area contributed by atoms with Crippen LogP contribution in [0.15, 0.2) is 53.3 Å². The molecular formula is C19H16ClFN2O2. The number of aromatic amines is 1. The summed E-state index contributed by atoms with van der Waals surface area (Å²) < 4.78 is 13.2. The number of halogens is 2. The van der Waals surface area contributed by atoms with Crippen molar-refractivity contribution in [2.45, 2.75) is 19.4 Å². The van der Waals surface area contributed by atoms with E-state index in [-0.39, 0.29) is 17.9 Å². The topological polar surface area (TPSA) is 62.0 Å². The highest BCUT2D eigenvalue weighted by atomic mass is 35.5. The van der Waals surface area contributed by atoms with E-state index < -0.39 is 5.82 Å². The maximum atomic E-state index is 13.2. The fourth-order valence-corrected chi connectivity index (χ4v) is 2.67. The molecule has 0 fully saturated rings. The minimum absolute atomic E-state index is 0.145. The van der Waals surface area contributed by atoms with Crippen LogP contribution in [0.25, 0.3) is 10.9 Å². The third kappa shape index (κ3) is 4.45. The minimum Gasteiger partial charge on any atom is -0.352 e. The van der Waals surface area contributed by atoms with Crippen molar-refractivity contribution < 1.29 is 9.18 Å². The van der Waals surface area contributed by atoms with E-state index in [4.69, 9.17) is 11.6 Å². The summed E-state index contributed by atoms with van der Waals surface area (Å²) in [4.78, 5) is 26.7. The molecule has 4 nitrogen and oxygen atoms in total. The molecule has 2 N–H and O–H groups in total. The number of benzene rings is 2. The molecule has 1 amide bonds. The lowest BCUT2D eigenvalue weighted by Gasteiger charge is -2.06.